The van der Waals surface area contributed by atoms with E-state index in [-0.39, 0.29) is 5.25 Å². The van der Waals surface area contributed by atoms with Crippen molar-refractivity contribution in [2.75, 3.05) is 12.8 Å². The normalized spacial score (nSPS) is 22.7. The van der Waals surface area contributed by atoms with Crippen LogP contribution in [-0.2, 0) is 30.3 Å². The molecule has 0 spiro atoms. The van der Waals surface area contributed by atoms with Gasteiger partial charge in [-0.15, -0.1) is 0 Å². The van der Waals surface area contributed by atoms with Crippen LogP contribution in [0.4, 0.5) is 0 Å². The van der Waals surface area contributed by atoms with Crippen LogP contribution < -0.4 is 5.32 Å². The molecule has 2 atom stereocenters. The lowest BCUT2D eigenvalue weighted by molar-refractivity contribution is 0.545. The van der Waals surface area contributed by atoms with Gasteiger partial charge in [0.25, 0.3) is 0 Å². The number of rotatable bonds is 4. The Labute approximate surface area is 123 Å². The van der Waals surface area contributed by atoms with E-state index in [9.17, 15) is 4.21 Å². The van der Waals surface area contributed by atoms with Crippen LogP contribution in [-0.4, -0.2) is 31.8 Å². The number of imidazole rings is 1. The van der Waals surface area contributed by atoms with Crippen LogP contribution in [0.2, 0.25) is 0 Å². The number of fused-ring (bicyclic) bond motifs is 1. The summed E-state index contributed by atoms with van der Waals surface area (Å²) in [5.74, 6) is 1.89. The smallest absolute Gasteiger partial charge is 0.112 e. The molecule has 1 fully saturated rings. The molecule has 0 radical (unpaired) electrons. The van der Waals surface area contributed by atoms with E-state index >= 15 is 0 Å². The van der Waals surface area contributed by atoms with Gasteiger partial charge >= 0.3 is 0 Å². The van der Waals surface area contributed by atoms with Crippen LogP contribution in [0.1, 0.15) is 55.7 Å². The molecular formula is C15H25N3OS. The molecule has 1 N–H and O–H groups in total. The largest absolute Gasteiger partial charge is 0.330 e. The summed E-state index contributed by atoms with van der Waals surface area (Å²) < 4.78 is 14.2. The van der Waals surface area contributed by atoms with Gasteiger partial charge in [0.05, 0.1) is 5.69 Å². The van der Waals surface area contributed by atoms with Crippen molar-refractivity contribution in [3.8, 4) is 0 Å². The van der Waals surface area contributed by atoms with Gasteiger partial charge in [-0.05, 0) is 19.8 Å². The summed E-state index contributed by atoms with van der Waals surface area (Å²) >= 11 is 0. The summed E-state index contributed by atoms with van der Waals surface area (Å²) in [6.07, 6.45) is 8.06. The number of hydrogen-bond acceptors (Lipinski definition) is 3. The van der Waals surface area contributed by atoms with Crippen molar-refractivity contribution in [1.82, 2.24) is 14.9 Å². The molecule has 1 saturated carbocycles. The van der Waals surface area contributed by atoms with Gasteiger partial charge in [-0.3, -0.25) is 4.21 Å². The minimum Gasteiger partial charge on any atom is -0.330 e. The SMILES string of the molecule is CC(Cn1c(C2CCCC2)nc2c1CCNC2)S(C)=O. The molecular weight excluding hydrogens is 270 g/mol. The van der Waals surface area contributed by atoms with Crippen LogP contribution in [0, 0.1) is 0 Å². The maximum Gasteiger partial charge on any atom is 0.112 e. The van der Waals surface area contributed by atoms with Crippen molar-refractivity contribution >= 4 is 10.8 Å². The molecule has 0 amide bonds. The van der Waals surface area contributed by atoms with Gasteiger partial charge in [0.2, 0.25) is 0 Å². The van der Waals surface area contributed by atoms with Crippen LogP contribution in [0.3, 0.4) is 0 Å². The Morgan fingerprint density at radius 3 is 2.90 bits per heavy atom. The Balaban J connectivity index is 1.95. The highest BCUT2D eigenvalue weighted by atomic mass is 32.2. The lowest BCUT2D eigenvalue weighted by atomic mass is 10.1. The second-order valence-electron chi connectivity index (χ2n) is 6.19. The van der Waals surface area contributed by atoms with Gasteiger partial charge in [0, 0.05) is 60.0 Å². The quantitative estimate of drug-likeness (QED) is 0.923. The third kappa shape index (κ3) is 2.70. The highest BCUT2D eigenvalue weighted by Gasteiger charge is 2.28. The van der Waals surface area contributed by atoms with Gasteiger partial charge in [-0.2, -0.15) is 0 Å². The zero-order chi connectivity index (χ0) is 14.1. The van der Waals surface area contributed by atoms with Crippen LogP contribution in [0.25, 0.3) is 0 Å². The van der Waals surface area contributed by atoms with Crippen LogP contribution in [0.5, 0.6) is 0 Å². The Morgan fingerprint density at radius 1 is 1.45 bits per heavy atom. The molecule has 5 heteroatoms. The topological polar surface area (TPSA) is 46.9 Å². The lowest BCUT2D eigenvalue weighted by Gasteiger charge is -2.20. The summed E-state index contributed by atoms with van der Waals surface area (Å²) in [5, 5.41) is 3.61. The molecule has 2 unspecified atom stereocenters. The summed E-state index contributed by atoms with van der Waals surface area (Å²) in [4.78, 5) is 4.95. The molecule has 1 aliphatic carbocycles. The molecule has 1 aromatic heterocycles. The molecule has 2 aliphatic rings. The second-order valence-corrected chi connectivity index (χ2v) is 7.99. The van der Waals surface area contributed by atoms with E-state index in [0.717, 1.165) is 26.1 Å². The summed E-state index contributed by atoms with van der Waals surface area (Å²) in [7, 11) is -0.770. The molecule has 1 aliphatic heterocycles. The fraction of sp³-hybridized carbons (Fsp3) is 0.800. The molecule has 1 aromatic rings. The van der Waals surface area contributed by atoms with E-state index in [1.54, 1.807) is 0 Å². The van der Waals surface area contributed by atoms with Crippen molar-refractivity contribution in [3.05, 3.63) is 17.2 Å². The third-order valence-electron chi connectivity index (χ3n) is 4.74. The average molecular weight is 295 g/mol. The van der Waals surface area contributed by atoms with Crippen molar-refractivity contribution < 1.29 is 4.21 Å². The summed E-state index contributed by atoms with van der Waals surface area (Å²) in [5.41, 5.74) is 2.62. The highest BCUT2D eigenvalue weighted by Crippen LogP contribution is 2.35. The monoisotopic (exact) mass is 295 g/mol. The van der Waals surface area contributed by atoms with Gasteiger partial charge in [0.1, 0.15) is 5.82 Å². The number of nitrogens with zero attached hydrogens (tertiary/aromatic N) is 2. The zero-order valence-corrected chi connectivity index (χ0v) is 13.3. The van der Waals surface area contributed by atoms with Gasteiger partial charge in [0.15, 0.2) is 0 Å². The number of hydrogen-bond donors (Lipinski definition) is 1. The summed E-state index contributed by atoms with van der Waals surface area (Å²) in [6, 6.07) is 0. The minimum atomic E-state index is -0.770. The van der Waals surface area contributed by atoms with E-state index in [1.807, 2.05) is 6.26 Å². The first-order chi connectivity index (χ1) is 9.66. The van der Waals surface area contributed by atoms with Gasteiger partial charge in [-0.25, -0.2) is 4.98 Å². The molecule has 4 nitrogen and oxygen atoms in total. The van der Waals surface area contributed by atoms with E-state index in [2.05, 4.69) is 16.8 Å². The first-order valence-electron chi connectivity index (χ1n) is 7.78. The van der Waals surface area contributed by atoms with Crippen molar-refractivity contribution in [3.63, 3.8) is 0 Å². The third-order valence-corrected chi connectivity index (χ3v) is 6.02. The fourth-order valence-electron chi connectivity index (χ4n) is 3.45. The Morgan fingerprint density at radius 2 is 2.20 bits per heavy atom. The molecule has 112 valence electrons. The standard InChI is InChI=1S/C15H25N3OS/c1-11(20(2)19)10-18-14-7-8-16-9-13(14)17-15(18)12-5-3-4-6-12/h11-12,16H,3-10H2,1-2H3. The van der Waals surface area contributed by atoms with E-state index in [0.29, 0.717) is 5.92 Å². The fourth-order valence-corrected chi connectivity index (χ4v) is 3.81. The average Bonchev–Trinajstić information content (AvgIpc) is 3.06. The number of aromatic nitrogens is 2. The van der Waals surface area contributed by atoms with Gasteiger partial charge < -0.3 is 9.88 Å². The predicted molar refractivity (Wildman–Crippen MR) is 82.4 cm³/mol. The van der Waals surface area contributed by atoms with Crippen molar-refractivity contribution in [2.45, 2.75) is 63.3 Å². The van der Waals surface area contributed by atoms with Crippen LogP contribution >= 0.6 is 0 Å². The van der Waals surface area contributed by atoms with Crippen molar-refractivity contribution in [1.29, 1.82) is 0 Å². The maximum absolute atomic E-state index is 11.7. The van der Waals surface area contributed by atoms with Crippen molar-refractivity contribution in [2.24, 2.45) is 0 Å². The minimum absolute atomic E-state index is 0.198. The number of nitrogens with one attached hydrogen (secondary N) is 1. The Hall–Kier alpha value is -0.680. The Bertz CT molecular complexity index is 505. The van der Waals surface area contributed by atoms with E-state index in [1.165, 1.54) is 42.9 Å². The Kier molecular flexibility index (Phi) is 4.26. The second kappa shape index (κ2) is 5.98. The molecule has 3 rings (SSSR count). The van der Waals surface area contributed by atoms with Crippen LogP contribution in [0.15, 0.2) is 0 Å². The first kappa shape index (κ1) is 14.3. The van der Waals surface area contributed by atoms with Gasteiger partial charge in [-0.1, -0.05) is 12.8 Å². The van der Waals surface area contributed by atoms with E-state index < -0.39 is 10.8 Å². The maximum atomic E-state index is 11.7. The van der Waals surface area contributed by atoms with E-state index in [4.69, 9.17) is 4.98 Å². The lowest BCUT2D eigenvalue weighted by Crippen LogP contribution is -2.27. The first-order valence-corrected chi connectivity index (χ1v) is 9.40. The molecule has 0 aromatic carbocycles. The molecule has 20 heavy (non-hydrogen) atoms. The molecule has 0 bridgehead atoms. The summed E-state index contributed by atoms with van der Waals surface area (Å²) in [6.45, 7) is 4.87. The molecule has 0 saturated heterocycles. The zero-order valence-electron chi connectivity index (χ0n) is 12.5. The predicted octanol–water partition coefficient (Wildman–Crippen LogP) is 1.95. The molecule has 2 heterocycles. The highest BCUT2D eigenvalue weighted by molar-refractivity contribution is 7.84.